The van der Waals surface area contributed by atoms with E-state index in [4.69, 9.17) is 14.7 Å². The zero-order valence-corrected chi connectivity index (χ0v) is 19.7. The maximum atomic E-state index is 5.36. The van der Waals surface area contributed by atoms with Gasteiger partial charge < -0.3 is 19.1 Å². The van der Waals surface area contributed by atoms with E-state index in [1.54, 1.807) is 13.4 Å². The monoisotopic (exact) mass is 461 g/mol. The van der Waals surface area contributed by atoms with Gasteiger partial charge in [0, 0.05) is 49.3 Å². The van der Waals surface area contributed by atoms with Crippen molar-refractivity contribution < 1.29 is 4.74 Å². The highest BCUT2D eigenvalue weighted by molar-refractivity contribution is 6.02. The maximum Gasteiger partial charge on any atom is 0.150 e. The molecule has 35 heavy (non-hydrogen) atoms. The predicted molar refractivity (Wildman–Crippen MR) is 142 cm³/mol. The summed E-state index contributed by atoms with van der Waals surface area (Å²) in [5.74, 6) is 1.83. The average Bonchev–Trinajstić information content (AvgIpc) is 3.34. The summed E-state index contributed by atoms with van der Waals surface area (Å²) in [6, 6.07) is 29.2. The van der Waals surface area contributed by atoms with Gasteiger partial charge in [-0.25, -0.2) is 9.97 Å². The lowest BCUT2D eigenvalue weighted by atomic mass is 10.1. The number of methoxy groups -OCH3 is 1. The van der Waals surface area contributed by atoms with Crippen LogP contribution in [0, 0.1) is 0 Å². The van der Waals surface area contributed by atoms with Crippen LogP contribution < -0.4 is 14.5 Å². The van der Waals surface area contributed by atoms with Crippen LogP contribution in [0.4, 0.5) is 11.5 Å². The van der Waals surface area contributed by atoms with Gasteiger partial charge in [-0.3, -0.25) is 0 Å². The van der Waals surface area contributed by atoms with Crippen molar-refractivity contribution in [2.45, 2.75) is 0 Å². The molecule has 1 saturated heterocycles. The van der Waals surface area contributed by atoms with Gasteiger partial charge in [0.2, 0.25) is 0 Å². The molecule has 1 aliphatic rings. The fraction of sp³-hybridized carbons (Fsp3) is 0.172. The molecule has 6 rings (SSSR count). The molecule has 0 radical (unpaired) electrons. The van der Waals surface area contributed by atoms with Crippen molar-refractivity contribution in [1.82, 2.24) is 14.5 Å². The van der Waals surface area contributed by atoms with Gasteiger partial charge in [0.15, 0.2) is 5.65 Å². The number of benzene rings is 3. The molecule has 0 spiro atoms. The van der Waals surface area contributed by atoms with E-state index in [1.807, 2.05) is 18.2 Å². The number of para-hydroxylation sites is 1. The summed E-state index contributed by atoms with van der Waals surface area (Å²) >= 11 is 0. The van der Waals surface area contributed by atoms with Crippen LogP contribution in [-0.4, -0.2) is 47.8 Å². The van der Waals surface area contributed by atoms with E-state index in [0.717, 1.165) is 65.6 Å². The van der Waals surface area contributed by atoms with Crippen LogP contribution in [0.15, 0.2) is 97.5 Å². The van der Waals surface area contributed by atoms with Crippen LogP contribution in [0.1, 0.15) is 0 Å². The highest BCUT2D eigenvalue weighted by atomic mass is 16.5. The first-order chi connectivity index (χ1) is 17.3. The second-order valence-electron chi connectivity index (χ2n) is 8.68. The van der Waals surface area contributed by atoms with E-state index in [2.05, 4.69) is 87.3 Å². The molecule has 0 unspecified atom stereocenters. The third kappa shape index (κ3) is 3.97. The van der Waals surface area contributed by atoms with Gasteiger partial charge in [-0.2, -0.15) is 0 Å². The van der Waals surface area contributed by atoms with Crippen molar-refractivity contribution in [3.05, 3.63) is 97.5 Å². The van der Waals surface area contributed by atoms with Gasteiger partial charge in [-0.15, -0.1) is 0 Å². The largest absolute Gasteiger partial charge is 0.497 e. The molecule has 3 heterocycles. The molecule has 6 heteroatoms. The summed E-state index contributed by atoms with van der Waals surface area (Å²) in [4.78, 5) is 14.4. The standard InChI is InChI=1S/C29H27N5O/c1-35-25-14-12-24(13-15-25)34-20-26(22-8-4-2-5-9-22)27-28(30-21-31-29(27)34)33-18-16-32(17-19-33)23-10-6-3-7-11-23/h2-15,20-21H,16-19H2,1H3. The van der Waals surface area contributed by atoms with Gasteiger partial charge in [0.25, 0.3) is 0 Å². The minimum atomic E-state index is 0.833. The Labute approximate surface area is 205 Å². The van der Waals surface area contributed by atoms with Crippen molar-refractivity contribution in [2.24, 2.45) is 0 Å². The lowest BCUT2D eigenvalue weighted by Crippen LogP contribution is -2.46. The third-order valence-corrected chi connectivity index (χ3v) is 6.70. The smallest absolute Gasteiger partial charge is 0.150 e. The van der Waals surface area contributed by atoms with Gasteiger partial charge in [0.1, 0.15) is 17.9 Å². The lowest BCUT2D eigenvalue weighted by molar-refractivity contribution is 0.415. The molecular formula is C29H27N5O. The molecular weight excluding hydrogens is 434 g/mol. The molecule has 0 bridgehead atoms. The number of hydrogen-bond acceptors (Lipinski definition) is 5. The molecule has 1 fully saturated rings. The van der Waals surface area contributed by atoms with E-state index < -0.39 is 0 Å². The molecule has 6 nitrogen and oxygen atoms in total. The van der Waals surface area contributed by atoms with Crippen molar-refractivity contribution in [3.63, 3.8) is 0 Å². The molecule has 0 amide bonds. The Hall–Kier alpha value is -4.32. The van der Waals surface area contributed by atoms with E-state index in [1.165, 1.54) is 5.69 Å². The quantitative estimate of drug-likeness (QED) is 0.350. The molecule has 0 aliphatic carbocycles. The van der Waals surface area contributed by atoms with E-state index in [9.17, 15) is 0 Å². The van der Waals surface area contributed by atoms with Crippen LogP contribution in [0.5, 0.6) is 5.75 Å². The molecule has 0 N–H and O–H groups in total. The number of piperazine rings is 1. The van der Waals surface area contributed by atoms with Gasteiger partial charge in [-0.05, 0) is 42.0 Å². The first-order valence-corrected chi connectivity index (χ1v) is 11.9. The van der Waals surface area contributed by atoms with E-state index in [-0.39, 0.29) is 0 Å². The van der Waals surface area contributed by atoms with Crippen molar-refractivity contribution in [2.75, 3.05) is 43.1 Å². The molecule has 174 valence electrons. The molecule has 0 atom stereocenters. The number of nitrogens with zero attached hydrogens (tertiary/aromatic N) is 5. The van der Waals surface area contributed by atoms with Gasteiger partial charge in [0.05, 0.1) is 12.5 Å². The third-order valence-electron chi connectivity index (χ3n) is 6.70. The molecule has 3 aromatic carbocycles. The second-order valence-corrected chi connectivity index (χ2v) is 8.68. The summed E-state index contributed by atoms with van der Waals surface area (Å²) in [7, 11) is 1.69. The van der Waals surface area contributed by atoms with Gasteiger partial charge in [-0.1, -0.05) is 48.5 Å². The van der Waals surface area contributed by atoms with E-state index >= 15 is 0 Å². The summed E-state index contributed by atoms with van der Waals surface area (Å²) in [6.45, 7) is 3.72. The van der Waals surface area contributed by atoms with Crippen LogP contribution in [0.2, 0.25) is 0 Å². The average molecular weight is 462 g/mol. The fourth-order valence-corrected chi connectivity index (χ4v) is 4.88. The van der Waals surface area contributed by atoms with E-state index in [0.29, 0.717) is 0 Å². The maximum absolute atomic E-state index is 5.36. The zero-order valence-electron chi connectivity index (χ0n) is 19.7. The minimum Gasteiger partial charge on any atom is -0.497 e. The summed E-state index contributed by atoms with van der Waals surface area (Å²) in [5.41, 5.74) is 5.51. The van der Waals surface area contributed by atoms with Crippen LogP contribution in [-0.2, 0) is 0 Å². The fourth-order valence-electron chi connectivity index (χ4n) is 4.88. The first-order valence-electron chi connectivity index (χ1n) is 11.9. The number of fused-ring (bicyclic) bond motifs is 1. The summed E-state index contributed by atoms with van der Waals surface area (Å²) in [6.07, 6.45) is 3.87. The Kier molecular flexibility index (Phi) is 5.54. The first kappa shape index (κ1) is 21.2. The van der Waals surface area contributed by atoms with Crippen LogP contribution in [0.3, 0.4) is 0 Å². The Morgan fingerprint density at radius 3 is 2.03 bits per heavy atom. The lowest BCUT2D eigenvalue weighted by Gasteiger charge is -2.37. The normalized spacial score (nSPS) is 13.9. The summed E-state index contributed by atoms with van der Waals surface area (Å²) in [5, 5.41) is 1.09. The Morgan fingerprint density at radius 1 is 0.686 bits per heavy atom. The highest BCUT2D eigenvalue weighted by Gasteiger charge is 2.24. The Balaban J connectivity index is 1.43. The number of hydrogen-bond donors (Lipinski definition) is 0. The molecule has 2 aromatic heterocycles. The highest BCUT2D eigenvalue weighted by Crippen LogP contribution is 2.37. The van der Waals surface area contributed by atoms with Crippen LogP contribution >= 0.6 is 0 Å². The SMILES string of the molecule is COc1ccc(-n2cc(-c3ccccc3)c3c(N4CCN(c5ccccc5)CC4)ncnc32)cc1. The minimum absolute atomic E-state index is 0.833. The topological polar surface area (TPSA) is 46.4 Å². The van der Waals surface area contributed by atoms with Crippen LogP contribution in [0.25, 0.3) is 27.8 Å². The number of rotatable bonds is 5. The van der Waals surface area contributed by atoms with Gasteiger partial charge >= 0.3 is 0 Å². The Bertz CT molecular complexity index is 1420. The van der Waals surface area contributed by atoms with Crippen molar-refractivity contribution >= 4 is 22.5 Å². The predicted octanol–water partition coefficient (Wildman–Crippen LogP) is 5.42. The molecule has 0 saturated carbocycles. The molecule has 1 aliphatic heterocycles. The number of aromatic nitrogens is 3. The summed E-state index contributed by atoms with van der Waals surface area (Å²) < 4.78 is 7.52. The van der Waals surface area contributed by atoms with Crippen molar-refractivity contribution in [1.29, 1.82) is 0 Å². The number of anilines is 2. The second kappa shape index (κ2) is 9.14. The Morgan fingerprint density at radius 2 is 1.34 bits per heavy atom. The molecule has 5 aromatic rings. The number of ether oxygens (including phenoxy) is 1. The zero-order chi connectivity index (χ0) is 23.6. The van der Waals surface area contributed by atoms with Crippen molar-refractivity contribution in [3.8, 4) is 22.6 Å².